The summed E-state index contributed by atoms with van der Waals surface area (Å²) in [7, 11) is 0. The summed E-state index contributed by atoms with van der Waals surface area (Å²) in [5.41, 5.74) is 0. The third kappa shape index (κ3) is 2.06. The first-order valence-corrected chi connectivity index (χ1v) is 4.35. The lowest BCUT2D eigenvalue weighted by Gasteiger charge is -2.13. The molecule has 0 saturated heterocycles. The molecule has 0 heterocycles. The van der Waals surface area contributed by atoms with Gasteiger partial charge in [-0.05, 0) is 19.3 Å². The molecule has 0 aromatic rings. The van der Waals surface area contributed by atoms with Crippen LogP contribution in [0.2, 0.25) is 0 Å². The summed E-state index contributed by atoms with van der Waals surface area (Å²) in [5, 5.41) is 0. The highest BCUT2D eigenvalue weighted by atomic mass is 16.5. The molecule has 1 aliphatic rings. The predicted molar refractivity (Wildman–Crippen MR) is 43.2 cm³/mol. The molecule has 3 nitrogen and oxygen atoms in total. The van der Waals surface area contributed by atoms with Gasteiger partial charge in [0.2, 0.25) is 6.29 Å². The average Bonchev–Trinajstić information content (AvgIpc) is 2.51. The van der Waals surface area contributed by atoms with Crippen LogP contribution in [0.1, 0.15) is 32.6 Å². The Morgan fingerprint density at radius 2 is 2.33 bits per heavy atom. The second-order valence-corrected chi connectivity index (χ2v) is 3.04. The smallest absolute Gasteiger partial charge is 0.305 e. The zero-order valence-electron chi connectivity index (χ0n) is 7.21. The van der Waals surface area contributed by atoms with Crippen LogP contribution >= 0.6 is 0 Å². The van der Waals surface area contributed by atoms with E-state index in [2.05, 4.69) is 0 Å². The topological polar surface area (TPSA) is 43.4 Å². The lowest BCUT2D eigenvalue weighted by Crippen LogP contribution is -2.22. The fraction of sp³-hybridized carbons (Fsp3) is 0.778. The Morgan fingerprint density at radius 1 is 1.58 bits per heavy atom. The van der Waals surface area contributed by atoms with Crippen molar-refractivity contribution in [1.82, 2.24) is 0 Å². The maximum Gasteiger partial charge on any atom is 0.305 e. The van der Waals surface area contributed by atoms with E-state index in [4.69, 9.17) is 4.74 Å². The average molecular weight is 169 g/mol. The molecule has 2 atom stereocenters. The van der Waals surface area contributed by atoms with Gasteiger partial charge in [-0.3, -0.25) is 9.59 Å². The molecule has 0 spiro atoms. The Balaban J connectivity index is 2.40. The fourth-order valence-electron chi connectivity index (χ4n) is 1.45. The van der Waals surface area contributed by atoms with Crippen LogP contribution in [-0.4, -0.2) is 18.4 Å². The molecule has 0 bridgehead atoms. The number of carbonyl (C=O) groups excluding carboxylic acids is 2. The maximum atomic E-state index is 10.9. The summed E-state index contributed by atoms with van der Waals surface area (Å²) in [6.07, 6.45) is 4.68. The summed E-state index contributed by atoms with van der Waals surface area (Å²) >= 11 is 0. The minimum absolute atomic E-state index is 0.180. The van der Waals surface area contributed by atoms with E-state index in [0.29, 0.717) is 6.42 Å². The first kappa shape index (κ1) is 9.23. The minimum Gasteiger partial charge on any atom is -0.462 e. The van der Waals surface area contributed by atoms with E-state index in [9.17, 15) is 9.59 Å². The van der Waals surface area contributed by atoms with Gasteiger partial charge in [-0.1, -0.05) is 6.92 Å². The number of ether oxygens (including phenoxy) is 1. The molecule has 0 aromatic heterocycles. The van der Waals surface area contributed by atoms with Crippen LogP contribution in [0.25, 0.3) is 0 Å². The normalized spacial score (nSPS) is 28.4. The molecular formula is C9H13O3. The number of carbonyl (C=O) groups is 1. The Bertz CT molecular complexity index is 177. The molecule has 12 heavy (non-hydrogen) atoms. The first-order chi connectivity index (χ1) is 5.77. The Labute approximate surface area is 72.1 Å². The molecule has 2 unspecified atom stereocenters. The van der Waals surface area contributed by atoms with Crippen molar-refractivity contribution in [3.8, 4) is 0 Å². The second kappa shape index (κ2) is 4.24. The van der Waals surface area contributed by atoms with Crippen LogP contribution in [0.3, 0.4) is 0 Å². The predicted octanol–water partition coefficient (Wildman–Crippen LogP) is 1.22. The van der Waals surface area contributed by atoms with Gasteiger partial charge in [-0.2, -0.15) is 0 Å². The number of esters is 1. The largest absolute Gasteiger partial charge is 0.462 e. The molecule has 1 fully saturated rings. The van der Waals surface area contributed by atoms with Gasteiger partial charge in [0, 0.05) is 6.42 Å². The summed E-state index contributed by atoms with van der Waals surface area (Å²) in [5.74, 6) is -0.400. The van der Waals surface area contributed by atoms with Crippen LogP contribution < -0.4 is 0 Å². The van der Waals surface area contributed by atoms with Crippen molar-refractivity contribution in [2.45, 2.75) is 38.7 Å². The zero-order chi connectivity index (χ0) is 8.97. The van der Waals surface area contributed by atoms with Crippen molar-refractivity contribution in [3.63, 3.8) is 0 Å². The van der Waals surface area contributed by atoms with Crippen LogP contribution in [0.5, 0.6) is 0 Å². The molecule has 1 aliphatic carbocycles. The lowest BCUT2D eigenvalue weighted by molar-refractivity contribution is -0.149. The van der Waals surface area contributed by atoms with Gasteiger partial charge in [-0.15, -0.1) is 0 Å². The van der Waals surface area contributed by atoms with Crippen LogP contribution in [0.4, 0.5) is 0 Å². The maximum absolute atomic E-state index is 10.9. The molecule has 67 valence electrons. The van der Waals surface area contributed by atoms with Gasteiger partial charge in [0.15, 0.2) is 0 Å². The second-order valence-electron chi connectivity index (χ2n) is 3.04. The molecule has 0 aromatic carbocycles. The molecule has 3 heteroatoms. The van der Waals surface area contributed by atoms with E-state index in [1.807, 2.05) is 6.29 Å². The van der Waals surface area contributed by atoms with Gasteiger partial charge < -0.3 is 4.74 Å². The van der Waals surface area contributed by atoms with Crippen LogP contribution in [-0.2, 0) is 14.3 Å². The highest BCUT2D eigenvalue weighted by Crippen LogP contribution is 2.26. The van der Waals surface area contributed by atoms with E-state index < -0.39 is 0 Å². The summed E-state index contributed by atoms with van der Waals surface area (Å²) < 4.78 is 5.06. The van der Waals surface area contributed by atoms with Crippen molar-refractivity contribution >= 4 is 12.3 Å². The van der Waals surface area contributed by atoms with Crippen molar-refractivity contribution in [2.24, 2.45) is 5.92 Å². The van der Waals surface area contributed by atoms with E-state index in [0.717, 1.165) is 19.3 Å². The van der Waals surface area contributed by atoms with Gasteiger partial charge in [0.25, 0.3) is 0 Å². The Morgan fingerprint density at radius 3 is 2.92 bits per heavy atom. The van der Waals surface area contributed by atoms with Crippen LogP contribution in [0, 0.1) is 5.92 Å². The van der Waals surface area contributed by atoms with Crippen molar-refractivity contribution in [2.75, 3.05) is 0 Å². The summed E-state index contributed by atoms with van der Waals surface area (Å²) in [4.78, 5) is 21.2. The molecule has 0 amide bonds. The highest BCUT2D eigenvalue weighted by molar-refractivity contribution is 5.69. The van der Waals surface area contributed by atoms with Crippen molar-refractivity contribution < 1.29 is 14.3 Å². The third-order valence-corrected chi connectivity index (χ3v) is 2.18. The lowest BCUT2D eigenvalue weighted by atomic mass is 10.1. The summed E-state index contributed by atoms with van der Waals surface area (Å²) in [6.45, 7) is 1.75. The molecule has 1 saturated carbocycles. The molecular weight excluding hydrogens is 156 g/mol. The zero-order valence-corrected chi connectivity index (χ0v) is 7.21. The van der Waals surface area contributed by atoms with Gasteiger partial charge in [-0.25, -0.2) is 0 Å². The first-order valence-electron chi connectivity index (χ1n) is 4.35. The van der Waals surface area contributed by atoms with Crippen molar-refractivity contribution in [3.05, 3.63) is 0 Å². The molecule has 1 radical (unpaired) electrons. The Hall–Kier alpha value is -0.860. The van der Waals surface area contributed by atoms with Gasteiger partial charge in [0.05, 0.1) is 5.92 Å². The number of hydrogen-bond donors (Lipinski definition) is 0. The van der Waals surface area contributed by atoms with Gasteiger partial charge >= 0.3 is 5.97 Å². The van der Waals surface area contributed by atoms with E-state index >= 15 is 0 Å². The van der Waals surface area contributed by atoms with Crippen LogP contribution in [0.15, 0.2) is 0 Å². The number of rotatable bonds is 3. The monoisotopic (exact) mass is 169 g/mol. The van der Waals surface area contributed by atoms with Crippen molar-refractivity contribution in [1.29, 1.82) is 0 Å². The van der Waals surface area contributed by atoms with E-state index in [-0.39, 0.29) is 18.0 Å². The third-order valence-electron chi connectivity index (χ3n) is 2.18. The van der Waals surface area contributed by atoms with Gasteiger partial charge in [0.1, 0.15) is 6.10 Å². The fourth-order valence-corrected chi connectivity index (χ4v) is 1.45. The SMILES string of the molecule is CCC(=O)OC1CCCC1[C]=O. The van der Waals surface area contributed by atoms with E-state index in [1.54, 1.807) is 6.92 Å². The standard InChI is InChI=1S/C9H13O3/c1-2-9(11)12-8-5-3-4-7(8)6-10/h7-8H,2-5H2,1H3. The van der Waals surface area contributed by atoms with E-state index in [1.165, 1.54) is 0 Å². The molecule has 1 rings (SSSR count). The highest BCUT2D eigenvalue weighted by Gasteiger charge is 2.30. The summed E-state index contributed by atoms with van der Waals surface area (Å²) in [6, 6.07) is 0. The Kier molecular flexibility index (Phi) is 3.26. The molecule has 0 aliphatic heterocycles. The number of hydrogen-bond acceptors (Lipinski definition) is 3. The minimum atomic E-state index is -0.220. The quantitative estimate of drug-likeness (QED) is 0.596. The molecule has 0 N–H and O–H groups in total.